The predicted molar refractivity (Wildman–Crippen MR) is 226 cm³/mol. The van der Waals surface area contributed by atoms with Crippen LogP contribution in [0, 0.1) is 16.2 Å². The Labute approximate surface area is 344 Å². The van der Waals surface area contributed by atoms with Gasteiger partial charge in [0.25, 0.3) is 0 Å². The Balaban J connectivity index is 0.000000190. The molecule has 6 rings (SSSR count). The number of nitrogens with one attached hydrogen (secondary N) is 3. The molecule has 3 saturated heterocycles. The first-order valence-corrected chi connectivity index (χ1v) is 23.6. The number of ketones is 1. The zero-order chi connectivity index (χ0) is 42.0. The summed E-state index contributed by atoms with van der Waals surface area (Å²) in [7, 11) is -1.94. The number of Topliss-reactive ketones (excluding diaryl/α,β-unsaturated/α-hetero) is 1. The molecule has 6 fully saturated rings. The van der Waals surface area contributed by atoms with Crippen molar-refractivity contribution in [2.24, 2.45) is 16.2 Å². The first-order valence-electron chi connectivity index (χ1n) is 21.3. The second-order valence-corrected chi connectivity index (χ2v) is 25.3. The van der Waals surface area contributed by atoms with Crippen LogP contribution in [-0.4, -0.2) is 108 Å². The molecular formula is C42H77N5O7S2. The summed E-state index contributed by atoms with van der Waals surface area (Å²) < 4.78 is 41.5. The number of rotatable bonds is 4. The number of hydrogen-bond acceptors (Lipinski definition) is 8. The highest BCUT2D eigenvalue weighted by Crippen LogP contribution is 2.50. The van der Waals surface area contributed by atoms with E-state index in [0.717, 1.165) is 77.5 Å². The van der Waals surface area contributed by atoms with E-state index in [0.29, 0.717) is 36.4 Å². The largest absolute Gasteiger partial charge is 0.444 e. The lowest BCUT2D eigenvalue weighted by Crippen LogP contribution is -2.60. The lowest BCUT2D eigenvalue weighted by atomic mass is 9.60. The predicted octanol–water partition coefficient (Wildman–Crippen LogP) is 7.15. The van der Waals surface area contributed by atoms with Crippen molar-refractivity contribution in [1.82, 2.24) is 24.6 Å². The third-order valence-electron chi connectivity index (χ3n) is 12.8. The van der Waals surface area contributed by atoms with Crippen LogP contribution in [0.3, 0.4) is 0 Å². The highest BCUT2D eigenvalue weighted by atomic mass is 32.2. The lowest BCUT2D eigenvalue weighted by Gasteiger charge is -2.54. The summed E-state index contributed by atoms with van der Waals surface area (Å²) in [4.78, 5) is 39.1. The molecule has 6 aliphatic rings. The fourth-order valence-corrected chi connectivity index (χ4v) is 10.5. The van der Waals surface area contributed by atoms with Gasteiger partial charge in [-0.15, -0.1) is 0 Å². The molecule has 14 heteroatoms. The monoisotopic (exact) mass is 828 g/mol. The molecule has 0 unspecified atom stereocenters. The van der Waals surface area contributed by atoms with Crippen LogP contribution in [0.5, 0.6) is 0 Å². The standard InChI is InChI=1S/C17H32N2O3S.C13H21NO3.C12H24N2OS/c1-15(2,3)22-14(20)19-11-9-17(10-12-19)8-7-13(17)18-23(21)16(4,5)6;1-12(2,3)17-11(16)14-8-6-13(7-9-14)5-4-10(13)15;1-11(2,3)16(15)14-10-4-5-12(10)6-8-13-9-7-12/h13,18H,7-12H2,1-6H3;4-9H2,1-3H3;10,13-14H,4-9H2,1-3H3/t13-,23+;;10-,16+/m0.0/s1. The minimum absolute atomic E-state index is 0.0848. The first kappa shape index (κ1) is 47.1. The zero-order valence-corrected chi connectivity index (χ0v) is 38.6. The second-order valence-electron chi connectivity index (χ2n) is 21.3. The molecule has 2 amide bonds. The smallest absolute Gasteiger partial charge is 0.410 e. The van der Waals surface area contributed by atoms with Crippen molar-refractivity contribution in [1.29, 1.82) is 0 Å². The number of amides is 2. The minimum Gasteiger partial charge on any atom is -0.444 e. The maximum Gasteiger partial charge on any atom is 0.410 e. The molecule has 3 spiro atoms. The van der Waals surface area contributed by atoms with Crippen LogP contribution >= 0.6 is 0 Å². The number of carbonyl (C=O) groups is 3. The molecule has 0 radical (unpaired) electrons. The van der Waals surface area contributed by atoms with Crippen LogP contribution < -0.4 is 14.8 Å². The molecule has 3 heterocycles. The van der Waals surface area contributed by atoms with Gasteiger partial charge in [0.2, 0.25) is 0 Å². The van der Waals surface area contributed by atoms with E-state index in [1.807, 2.05) is 88.0 Å². The molecule has 0 aromatic rings. The third kappa shape index (κ3) is 12.2. The van der Waals surface area contributed by atoms with E-state index in [-0.39, 0.29) is 32.5 Å². The van der Waals surface area contributed by atoms with Crippen molar-refractivity contribution in [2.75, 3.05) is 39.3 Å². The van der Waals surface area contributed by atoms with Gasteiger partial charge in [-0.1, -0.05) is 0 Å². The summed E-state index contributed by atoms with van der Waals surface area (Å²) in [6, 6.07) is 0.790. The van der Waals surface area contributed by atoms with Crippen LogP contribution in [0.15, 0.2) is 0 Å². The summed E-state index contributed by atoms with van der Waals surface area (Å²) >= 11 is 0. The van der Waals surface area contributed by atoms with E-state index in [9.17, 15) is 22.8 Å². The Bertz CT molecular complexity index is 1420. The van der Waals surface area contributed by atoms with Gasteiger partial charge >= 0.3 is 12.2 Å². The summed E-state index contributed by atoms with van der Waals surface area (Å²) in [5.74, 6) is 0.390. The Hall–Kier alpha value is -1.61. The Morgan fingerprint density at radius 1 is 0.607 bits per heavy atom. The zero-order valence-electron chi connectivity index (χ0n) is 37.0. The van der Waals surface area contributed by atoms with Crippen molar-refractivity contribution >= 4 is 39.9 Å². The van der Waals surface area contributed by atoms with Gasteiger partial charge in [-0.25, -0.2) is 27.5 Å². The quantitative estimate of drug-likeness (QED) is 0.271. The molecule has 3 aliphatic heterocycles. The number of piperidine rings is 3. The van der Waals surface area contributed by atoms with E-state index in [1.165, 1.54) is 25.7 Å². The fraction of sp³-hybridized carbons (Fsp3) is 0.929. The van der Waals surface area contributed by atoms with Crippen LogP contribution in [-0.2, 0) is 36.2 Å². The molecule has 3 N–H and O–H groups in total. The lowest BCUT2D eigenvalue weighted by molar-refractivity contribution is -0.142. The number of likely N-dealkylation sites (tertiary alicyclic amines) is 2. The molecule has 0 aromatic heterocycles. The van der Waals surface area contributed by atoms with Crippen molar-refractivity contribution < 1.29 is 32.3 Å². The molecule has 0 aromatic carbocycles. The molecule has 56 heavy (non-hydrogen) atoms. The fourth-order valence-electron chi connectivity index (χ4n) is 8.51. The third-order valence-corrected chi connectivity index (χ3v) is 16.0. The van der Waals surface area contributed by atoms with Crippen molar-refractivity contribution in [2.45, 2.75) is 193 Å². The number of ether oxygens (including phenoxy) is 2. The maximum atomic E-state index is 12.3. The number of nitrogens with zero attached hydrogens (tertiary/aromatic N) is 2. The molecule has 0 bridgehead atoms. The molecule has 3 aliphatic carbocycles. The molecule has 12 nitrogen and oxygen atoms in total. The Kier molecular flexibility index (Phi) is 15.1. The van der Waals surface area contributed by atoms with Gasteiger partial charge in [-0.3, -0.25) is 4.79 Å². The van der Waals surface area contributed by atoms with Gasteiger partial charge in [0.15, 0.2) is 0 Å². The SMILES string of the molecule is CC(C)(C)OC(=O)N1CCC2(CCC2=O)CC1.CC(C)(C)OC(=O)N1CCC2(CC[C@@H]2N[S@](=O)C(C)(C)C)CC1.CC(C)(C)[S@@](=O)N[C@H]1CCC12CCNCC2. The topological polar surface area (TPSA) is 146 Å². The van der Waals surface area contributed by atoms with Crippen LogP contribution in [0.25, 0.3) is 0 Å². The van der Waals surface area contributed by atoms with Gasteiger partial charge in [0.1, 0.15) is 17.0 Å². The average Bonchev–Trinajstić information content (AvgIpc) is 3.09. The molecule has 4 atom stereocenters. The van der Waals surface area contributed by atoms with E-state index in [1.54, 1.807) is 4.90 Å². The van der Waals surface area contributed by atoms with E-state index in [4.69, 9.17) is 9.47 Å². The van der Waals surface area contributed by atoms with Crippen LogP contribution in [0.1, 0.15) is 160 Å². The van der Waals surface area contributed by atoms with E-state index >= 15 is 0 Å². The minimum atomic E-state index is -1.03. The van der Waals surface area contributed by atoms with Gasteiger partial charge in [0, 0.05) is 50.1 Å². The van der Waals surface area contributed by atoms with Crippen molar-refractivity contribution in [3.05, 3.63) is 0 Å². The van der Waals surface area contributed by atoms with Gasteiger partial charge in [-0.2, -0.15) is 0 Å². The van der Waals surface area contributed by atoms with Crippen LogP contribution in [0.4, 0.5) is 9.59 Å². The summed E-state index contributed by atoms with van der Waals surface area (Å²) in [6.07, 6.45) is 12.1. The number of hydrogen-bond donors (Lipinski definition) is 3. The second kappa shape index (κ2) is 17.9. The summed E-state index contributed by atoms with van der Waals surface area (Å²) in [5.41, 5.74) is -0.320. The van der Waals surface area contributed by atoms with Gasteiger partial charge in [0.05, 0.1) is 31.5 Å². The number of carbonyl (C=O) groups excluding carboxylic acids is 3. The average molecular weight is 828 g/mol. The normalized spacial score (nSPS) is 26.6. The van der Waals surface area contributed by atoms with E-state index < -0.39 is 33.2 Å². The molecular weight excluding hydrogens is 751 g/mol. The van der Waals surface area contributed by atoms with E-state index in [2.05, 4.69) is 14.8 Å². The summed E-state index contributed by atoms with van der Waals surface area (Å²) in [6.45, 7) is 28.4. The summed E-state index contributed by atoms with van der Waals surface area (Å²) in [5, 5.41) is 3.41. The molecule has 324 valence electrons. The Morgan fingerprint density at radius 3 is 1.27 bits per heavy atom. The van der Waals surface area contributed by atoms with Crippen molar-refractivity contribution in [3.63, 3.8) is 0 Å². The van der Waals surface area contributed by atoms with Crippen molar-refractivity contribution in [3.8, 4) is 0 Å². The van der Waals surface area contributed by atoms with Crippen LogP contribution in [0.2, 0.25) is 0 Å². The van der Waals surface area contributed by atoms with Gasteiger partial charge < -0.3 is 24.6 Å². The highest BCUT2D eigenvalue weighted by Gasteiger charge is 2.51. The van der Waals surface area contributed by atoms with Gasteiger partial charge in [-0.05, 0) is 178 Å². The molecule has 3 saturated carbocycles. The highest BCUT2D eigenvalue weighted by molar-refractivity contribution is 7.84. The maximum absolute atomic E-state index is 12.3. The Morgan fingerprint density at radius 2 is 0.982 bits per heavy atom. The first-order chi connectivity index (χ1) is 25.7.